The molecule has 4 nitrogen and oxygen atoms in total. The van der Waals surface area contributed by atoms with Crippen LogP contribution in [-0.2, 0) is 0 Å². The fourth-order valence-corrected chi connectivity index (χ4v) is 2.85. The van der Waals surface area contributed by atoms with E-state index in [0.29, 0.717) is 18.9 Å². The summed E-state index contributed by atoms with van der Waals surface area (Å²) in [5, 5.41) is 0. The van der Waals surface area contributed by atoms with Crippen LogP contribution >= 0.6 is 0 Å². The second kappa shape index (κ2) is 5.98. The van der Waals surface area contributed by atoms with Crippen LogP contribution in [0.2, 0.25) is 0 Å². The summed E-state index contributed by atoms with van der Waals surface area (Å²) in [5.41, 5.74) is 2.48. The molecule has 0 aromatic rings. The molecule has 0 radical (unpaired) electrons. The van der Waals surface area contributed by atoms with Gasteiger partial charge in [0.05, 0.1) is 12.0 Å². The maximum Gasteiger partial charge on any atom is 0.393 e. The SMILES string of the molecule is NNC(=NC1CCCC1)N1CCCC(C(F)(F)F)C1. The minimum Gasteiger partial charge on any atom is -0.341 e. The first-order chi connectivity index (χ1) is 9.00. The number of hydrogen-bond donors (Lipinski definition) is 2. The Hall–Kier alpha value is -0.980. The number of piperidine rings is 1. The number of nitrogens with two attached hydrogens (primary N) is 1. The number of hydrogen-bond acceptors (Lipinski definition) is 2. The highest BCUT2D eigenvalue weighted by Crippen LogP contribution is 2.33. The zero-order chi connectivity index (χ0) is 13.9. The molecule has 1 aliphatic carbocycles. The van der Waals surface area contributed by atoms with E-state index in [0.717, 1.165) is 25.7 Å². The van der Waals surface area contributed by atoms with E-state index in [-0.39, 0.29) is 19.0 Å². The number of halogens is 3. The van der Waals surface area contributed by atoms with Gasteiger partial charge in [0.1, 0.15) is 0 Å². The Morgan fingerprint density at radius 3 is 2.42 bits per heavy atom. The van der Waals surface area contributed by atoms with E-state index in [2.05, 4.69) is 10.4 Å². The number of nitrogens with zero attached hydrogens (tertiary/aromatic N) is 2. The van der Waals surface area contributed by atoms with Crippen molar-refractivity contribution in [3.8, 4) is 0 Å². The fraction of sp³-hybridized carbons (Fsp3) is 0.917. The van der Waals surface area contributed by atoms with Gasteiger partial charge in [0.15, 0.2) is 0 Å². The summed E-state index contributed by atoms with van der Waals surface area (Å²) in [6.45, 7) is 0.543. The lowest BCUT2D eigenvalue weighted by atomic mass is 9.98. The molecule has 0 aromatic carbocycles. The Balaban J connectivity index is 2.01. The molecular weight excluding hydrogens is 257 g/mol. The van der Waals surface area contributed by atoms with Crippen molar-refractivity contribution < 1.29 is 13.2 Å². The van der Waals surface area contributed by atoms with E-state index in [1.165, 1.54) is 0 Å². The number of rotatable bonds is 1. The number of alkyl halides is 3. The summed E-state index contributed by atoms with van der Waals surface area (Å²) in [6, 6.07) is 0.206. The average molecular weight is 278 g/mol. The smallest absolute Gasteiger partial charge is 0.341 e. The zero-order valence-corrected chi connectivity index (χ0v) is 10.9. The molecule has 1 aliphatic heterocycles. The predicted molar refractivity (Wildman–Crippen MR) is 67.4 cm³/mol. The molecule has 2 rings (SSSR count). The normalized spacial score (nSPS) is 26.8. The van der Waals surface area contributed by atoms with E-state index in [1.807, 2.05) is 0 Å². The number of guanidine groups is 1. The first-order valence-corrected chi connectivity index (χ1v) is 6.87. The molecular formula is C12H21F3N4. The van der Waals surface area contributed by atoms with Crippen molar-refractivity contribution in [2.24, 2.45) is 16.8 Å². The Morgan fingerprint density at radius 1 is 1.16 bits per heavy atom. The summed E-state index contributed by atoms with van der Waals surface area (Å²) in [5.74, 6) is 4.58. The van der Waals surface area contributed by atoms with E-state index in [9.17, 15) is 13.2 Å². The van der Waals surface area contributed by atoms with Crippen molar-refractivity contribution >= 4 is 5.96 Å². The van der Waals surface area contributed by atoms with Crippen molar-refractivity contribution in [3.63, 3.8) is 0 Å². The minimum absolute atomic E-state index is 0.0424. The molecule has 3 N–H and O–H groups in total. The van der Waals surface area contributed by atoms with Gasteiger partial charge >= 0.3 is 6.18 Å². The van der Waals surface area contributed by atoms with Crippen LogP contribution in [0.25, 0.3) is 0 Å². The summed E-state index contributed by atoms with van der Waals surface area (Å²) >= 11 is 0. The van der Waals surface area contributed by atoms with Crippen molar-refractivity contribution in [2.45, 2.75) is 50.7 Å². The van der Waals surface area contributed by atoms with E-state index in [4.69, 9.17) is 5.84 Å². The van der Waals surface area contributed by atoms with Crippen LogP contribution in [0, 0.1) is 5.92 Å². The average Bonchev–Trinajstić information content (AvgIpc) is 2.88. The van der Waals surface area contributed by atoms with Gasteiger partial charge in [-0.05, 0) is 25.7 Å². The van der Waals surface area contributed by atoms with Crippen LogP contribution < -0.4 is 11.3 Å². The lowest BCUT2D eigenvalue weighted by molar-refractivity contribution is -0.183. The zero-order valence-electron chi connectivity index (χ0n) is 10.9. The third kappa shape index (κ3) is 3.75. The molecule has 0 aromatic heterocycles. The second-order valence-electron chi connectivity index (χ2n) is 5.36. The van der Waals surface area contributed by atoms with Gasteiger partial charge in [-0.15, -0.1) is 0 Å². The molecule has 1 saturated heterocycles. The Labute approximate surface area is 111 Å². The fourth-order valence-electron chi connectivity index (χ4n) is 2.85. The molecule has 1 heterocycles. The van der Waals surface area contributed by atoms with Gasteiger partial charge in [0, 0.05) is 13.1 Å². The third-order valence-corrected chi connectivity index (χ3v) is 3.94. The highest BCUT2D eigenvalue weighted by atomic mass is 19.4. The molecule has 7 heteroatoms. The maximum absolute atomic E-state index is 12.8. The van der Waals surface area contributed by atoms with Crippen LogP contribution in [0.3, 0.4) is 0 Å². The van der Waals surface area contributed by atoms with Crippen LogP contribution in [-0.4, -0.2) is 36.2 Å². The van der Waals surface area contributed by atoms with E-state index < -0.39 is 12.1 Å². The van der Waals surface area contributed by atoms with E-state index in [1.54, 1.807) is 4.90 Å². The molecule has 1 saturated carbocycles. The van der Waals surface area contributed by atoms with Crippen molar-refractivity contribution in [1.29, 1.82) is 0 Å². The van der Waals surface area contributed by atoms with Gasteiger partial charge in [-0.1, -0.05) is 12.8 Å². The number of hydrazine groups is 1. The highest BCUT2D eigenvalue weighted by Gasteiger charge is 2.42. The Bertz CT molecular complexity index is 323. The van der Waals surface area contributed by atoms with Crippen LogP contribution in [0.4, 0.5) is 13.2 Å². The molecule has 0 bridgehead atoms. The summed E-state index contributed by atoms with van der Waals surface area (Å²) in [4.78, 5) is 6.11. The second-order valence-corrected chi connectivity index (χ2v) is 5.36. The topological polar surface area (TPSA) is 53.6 Å². The van der Waals surface area contributed by atoms with Crippen molar-refractivity contribution in [3.05, 3.63) is 0 Å². The minimum atomic E-state index is -4.13. The van der Waals surface area contributed by atoms with Gasteiger partial charge in [0.25, 0.3) is 0 Å². The highest BCUT2D eigenvalue weighted by molar-refractivity contribution is 5.79. The van der Waals surface area contributed by atoms with Gasteiger partial charge in [0.2, 0.25) is 5.96 Å². The monoisotopic (exact) mass is 278 g/mol. The Kier molecular flexibility index (Phi) is 4.54. The summed E-state index contributed by atoms with van der Waals surface area (Å²) < 4.78 is 38.3. The van der Waals surface area contributed by atoms with Gasteiger partial charge in [-0.2, -0.15) is 13.2 Å². The summed E-state index contributed by atoms with van der Waals surface area (Å²) in [7, 11) is 0. The standard InChI is InChI=1S/C12H21F3N4/c13-12(14,15)9-4-3-7-19(8-9)11(18-16)17-10-5-1-2-6-10/h9-10H,1-8,16H2,(H,17,18). The first kappa shape index (κ1) is 14.4. The molecule has 110 valence electrons. The summed E-state index contributed by atoms with van der Waals surface area (Å²) in [6.07, 6.45) is 0.861. The largest absolute Gasteiger partial charge is 0.393 e. The maximum atomic E-state index is 12.8. The molecule has 1 unspecified atom stereocenters. The van der Waals surface area contributed by atoms with Crippen LogP contribution in [0.5, 0.6) is 0 Å². The first-order valence-electron chi connectivity index (χ1n) is 6.87. The number of likely N-dealkylation sites (tertiary alicyclic amines) is 1. The van der Waals surface area contributed by atoms with Gasteiger partial charge in [-0.3, -0.25) is 5.43 Å². The molecule has 0 spiro atoms. The molecule has 2 fully saturated rings. The van der Waals surface area contributed by atoms with Crippen LogP contribution in [0.15, 0.2) is 4.99 Å². The molecule has 1 atom stereocenters. The number of aliphatic imine (C=N–C) groups is 1. The van der Waals surface area contributed by atoms with Gasteiger partial charge in [-0.25, -0.2) is 10.8 Å². The molecule has 0 amide bonds. The molecule has 19 heavy (non-hydrogen) atoms. The lowest BCUT2D eigenvalue weighted by Crippen LogP contribution is -2.51. The number of nitrogens with one attached hydrogen (secondary N) is 1. The quantitative estimate of drug-likeness (QED) is 0.334. The van der Waals surface area contributed by atoms with Crippen LogP contribution in [0.1, 0.15) is 38.5 Å². The lowest BCUT2D eigenvalue weighted by Gasteiger charge is -2.35. The van der Waals surface area contributed by atoms with E-state index >= 15 is 0 Å². The van der Waals surface area contributed by atoms with Gasteiger partial charge < -0.3 is 4.90 Å². The molecule has 2 aliphatic rings. The van der Waals surface area contributed by atoms with Crippen molar-refractivity contribution in [1.82, 2.24) is 10.3 Å². The van der Waals surface area contributed by atoms with Crippen molar-refractivity contribution in [2.75, 3.05) is 13.1 Å². The third-order valence-electron chi connectivity index (χ3n) is 3.94. The Morgan fingerprint density at radius 2 is 1.84 bits per heavy atom. The predicted octanol–water partition coefficient (Wildman–Crippen LogP) is 2.02.